The zero-order valence-corrected chi connectivity index (χ0v) is 13.0. The molecule has 2 aromatic rings. The number of anilines is 1. The first-order chi connectivity index (χ1) is 11.7. The second kappa shape index (κ2) is 6.92. The molecule has 0 radical (unpaired) electrons. The number of carbonyl (C=O) groups is 2. The molecule has 1 N–H and O–H groups in total. The monoisotopic (exact) mass is 320 g/mol. The first kappa shape index (κ1) is 15.7. The highest BCUT2D eigenvalue weighted by molar-refractivity contribution is 5.95. The molecule has 3 rings (SSSR count). The smallest absolute Gasteiger partial charge is 0.251 e. The highest BCUT2D eigenvalue weighted by atomic mass is 16.2. The molecule has 120 valence electrons. The van der Waals surface area contributed by atoms with Crippen molar-refractivity contribution in [2.45, 2.75) is 19.4 Å². The van der Waals surface area contributed by atoms with Gasteiger partial charge in [-0.15, -0.1) is 0 Å². The van der Waals surface area contributed by atoms with Crippen molar-refractivity contribution in [3.63, 3.8) is 0 Å². The van der Waals surface area contributed by atoms with Gasteiger partial charge in [0.1, 0.15) is 5.82 Å². The van der Waals surface area contributed by atoms with E-state index in [1.165, 1.54) is 0 Å². The van der Waals surface area contributed by atoms with E-state index in [1.54, 1.807) is 41.4 Å². The second-order valence-corrected chi connectivity index (χ2v) is 5.55. The number of nitriles is 1. The van der Waals surface area contributed by atoms with Crippen LogP contribution in [0.25, 0.3) is 0 Å². The maximum Gasteiger partial charge on any atom is 0.251 e. The molecule has 0 atom stereocenters. The van der Waals surface area contributed by atoms with Gasteiger partial charge in [-0.25, -0.2) is 4.98 Å². The zero-order valence-electron chi connectivity index (χ0n) is 13.0. The molecular weight excluding hydrogens is 304 g/mol. The minimum absolute atomic E-state index is 0.0806. The van der Waals surface area contributed by atoms with Crippen molar-refractivity contribution in [2.75, 3.05) is 11.4 Å². The number of amides is 2. The van der Waals surface area contributed by atoms with Crippen molar-refractivity contribution in [3.05, 3.63) is 59.3 Å². The molecule has 1 saturated heterocycles. The Bertz CT molecular complexity index is 826. The van der Waals surface area contributed by atoms with E-state index < -0.39 is 0 Å². The SMILES string of the molecule is N#Cc1cccc(C(=O)NCc2ccnc(N3CCCC3=O)c2)c1. The Morgan fingerprint density at radius 2 is 2.21 bits per heavy atom. The molecule has 24 heavy (non-hydrogen) atoms. The number of carbonyl (C=O) groups excluding carboxylic acids is 2. The maximum atomic E-state index is 12.2. The third kappa shape index (κ3) is 3.41. The molecule has 1 aliphatic rings. The summed E-state index contributed by atoms with van der Waals surface area (Å²) in [6.07, 6.45) is 3.04. The Labute approximate surface area is 139 Å². The predicted molar refractivity (Wildman–Crippen MR) is 88.2 cm³/mol. The Morgan fingerprint density at radius 3 is 2.96 bits per heavy atom. The number of hydrogen-bond donors (Lipinski definition) is 1. The first-order valence-corrected chi connectivity index (χ1v) is 7.71. The largest absolute Gasteiger partial charge is 0.348 e. The van der Waals surface area contributed by atoms with Gasteiger partial charge < -0.3 is 5.32 Å². The summed E-state index contributed by atoms with van der Waals surface area (Å²) >= 11 is 0. The minimum atomic E-state index is -0.247. The van der Waals surface area contributed by atoms with E-state index in [1.807, 2.05) is 12.1 Å². The molecule has 1 aromatic carbocycles. The fraction of sp³-hybridized carbons (Fsp3) is 0.222. The lowest BCUT2D eigenvalue weighted by atomic mass is 10.1. The fourth-order valence-corrected chi connectivity index (χ4v) is 2.62. The summed E-state index contributed by atoms with van der Waals surface area (Å²) < 4.78 is 0. The van der Waals surface area contributed by atoms with Gasteiger partial charge in [-0.05, 0) is 42.3 Å². The standard InChI is InChI=1S/C18H16N4O2/c19-11-13-3-1-4-15(9-13)18(24)21-12-14-6-7-20-16(10-14)22-8-2-5-17(22)23/h1,3-4,6-7,9-10H,2,5,8,12H2,(H,21,24). The summed E-state index contributed by atoms with van der Waals surface area (Å²) in [6, 6.07) is 12.2. The molecular formula is C18H16N4O2. The summed E-state index contributed by atoms with van der Waals surface area (Å²) in [6.45, 7) is 1.01. The zero-order chi connectivity index (χ0) is 16.9. The molecule has 1 aliphatic heterocycles. The summed E-state index contributed by atoms with van der Waals surface area (Å²) in [5, 5.41) is 11.7. The van der Waals surface area contributed by atoms with E-state index >= 15 is 0 Å². The Balaban J connectivity index is 1.67. The van der Waals surface area contributed by atoms with E-state index in [-0.39, 0.29) is 11.8 Å². The number of aromatic nitrogens is 1. The van der Waals surface area contributed by atoms with Crippen LogP contribution in [-0.4, -0.2) is 23.3 Å². The van der Waals surface area contributed by atoms with Gasteiger partial charge in [0.2, 0.25) is 5.91 Å². The van der Waals surface area contributed by atoms with E-state index in [4.69, 9.17) is 5.26 Å². The molecule has 0 saturated carbocycles. The molecule has 6 heteroatoms. The molecule has 2 amide bonds. The highest BCUT2D eigenvalue weighted by Crippen LogP contribution is 2.19. The van der Waals surface area contributed by atoms with Crippen LogP contribution in [-0.2, 0) is 11.3 Å². The van der Waals surface area contributed by atoms with Crippen molar-refractivity contribution < 1.29 is 9.59 Å². The van der Waals surface area contributed by atoms with Crippen molar-refractivity contribution >= 4 is 17.6 Å². The van der Waals surface area contributed by atoms with Crippen LogP contribution in [0.4, 0.5) is 5.82 Å². The maximum absolute atomic E-state index is 12.2. The van der Waals surface area contributed by atoms with Crippen LogP contribution in [0.3, 0.4) is 0 Å². The van der Waals surface area contributed by atoms with E-state index in [2.05, 4.69) is 10.3 Å². The Hall–Kier alpha value is -3.20. The van der Waals surface area contributed by atoms with Crippen molar-refractivity contribution in [3.8, 4) is 6.07 Å². The number of benzene rings is 1. The molecule has 1 aromatic heterocycles. The van der Waals surface area contributed by atoms with Gasteiger partial charge in [0.05, 0.1) is 11.6 Å². The van der Waals surface area contributed by atoms with Gasteiger partial charge in [-0.2, -0.15) is 5.26 Å². The fourth-order valence-electron chi connectivity index (χ4n) is 2.62. The normalized spacial score (nSPS) is 13.6. The molecule has 0 unspecified atom stereocenters. The molecule has 0 spiro atoms. The van der Waals surface area contributed by atoms with Gasteiger partial charge in [0.15, 0.2) is 0 Å². The lowest BCUT2D eigenvalue weighted by molar-refractivity contribution is -0.117. The molecule has 0 bridgehead atoms. The van der Waals surface area contributed by atoms with Crippen molar-refractivity contribution in [1.29, 1.82) is 5.26 Å². The van der Waals surface area contributed by atoms with E-state index in [0.717, 1.165) is 12.0 Å². The second-order valence-electron chi connectivity index (χ2n) is 5.55. The topological polar surface area (TPSA) is 86.1 Å². The Kier molecular flexibility index (Phi) is 4.52. The Morgan fingerprint density at radius 1 is 1.33 bits per heavy atom. The molecule has 0 aliphatic carbocycles. The van der Waals surface area contributed by atoms with Crippen LogP contribution in [0.2, 0.25) is 0 Å². The average molecular weight is 320 g/mol. The van der Waals surface area contributed by atoms with Crippen LogP contribution < -0.4 is 10.2 Å². The molecule has 2 heterocycles. The third-order valence-electron chi connectivity index (χ3n) is 3.87. The number of hydrogen-bond acceptors (Lipinski definition) is 4. The molecule has 1 fully saturated rings. The van der Waals surface area contributed by atoms with Crippen molar-refractivity contribution in [1.82, 2.24) is 10.3 Å². The number of nitrogens with one attached hydrogen (secondary N) is 1. The lowest BCUT2D eigenvalue weighted by Crippen LogP contribution is -2.26. The van der Waals surface area contributed by atoms with E-state index in [9.17, 15) is 9.59 Å². The van der Waals surface area contributed by atoms with Gasteiger partial charge >= 0.3 is 0 Å². The van der Waals surface area contributed by atoms with Crippen LogP contribution >= 0.6 is 0 Å². The summed E-state index contributed by atoms with van der Waals surface area (Å²) in [5.74, 6) is 0.454. The van der Waals surface area contributed by atoms with Crippen molar-refractivity contribution in [2.24, 2.45) is 0 Å². The van der Waals surface area contributed by atoms with Crippen LogP contribution in [0.5, 0.6) is 0 Å². The van der Waals surface area contributed by atoms with Gasteiger partial charge in [-0.3, -0.25) is 14.5 Å². The van der Waals surface area contributed by atoms with Crippen LogP contribution in [0.1, 0.15) is 34.3 Å². The van der Waals surface area contributed by atoms with Crippen LogP contribution in [0.15, 0.2) is 42.6 Å². The van der Waals surface area contributed by atoms with Crippen LogP contribution in [0, 0.1) is 11.3 Å². The molecule has 6 nitrogen and oxygen atoms in total. The number of nitrogens with zero attached hydrogens (tertiary/aromatic N) is 3. The number of pyridine rings is 1. The highest BCUT2D eigenvalue weighted by Gasteiger charge is 2.22. The van der Waals surface area contributed by atoms with Gasteiger partial charge in [0, 0.05) is 31.3 Å². The average Bonchev–Trinajstić information content (AvgIpc) is 3.06. The predicted octanol–water partition coefficient (Wildman–Crippen LogP) is 2.01. The van der Waals surface area contributed by atoms with E-state index in [0.29, 0.717) is 36.5 Å². The number of rotatable bonds is 4. The quantitative estimate of drug-likeness (QED) is 0.933. The summed E-state index contributed by atoms with van der Waals surface area (Å²) in [4.78, 5) is 29.9. The summed E-state index contributed by atoms with van der Waals surface area (Å²) in [7, 11) is 0. The minimum Gasteiger partial charge on any atom is -0.348 e. The van der Waals surface area contributed by atoms with Gasteiger partial charge in [-0.1, -0.05) is 6.07 Å². The van der Waals surface area contributed by atoms with Gasteiger partial charge in [0.25, 0.3) is 5.91 Å². The lowest BCUT2D eigenvalue weighted by Gasteiger charge is -2.15. The first-order valence-electron chi connectivity index (χ1n) is 7.71. The summed E-state index contributed by atoms with van der Waals surface area (Å²) in [5.41, 5.74) is 1.75. The third-order valence-corrected chi connectivity index (χ3v) is 3.87.